The standard InChI is InChI=1S/C14H19F3N2/c1-11(8-18-10-14(15,16)17)19-7-6-12-4-2-3-5-13(12)9-19/h2-5,11,18H,6-10H2,1H3. The van der Waals surface area contributed by atoms with Crippen LogP contribution in [-0.2, 0) is 13.0 Å². The van der Waals surface area contributed by atoms with Gasteiger partial charge in [0, 0.05) is 25.7 Å². The van der Waals surface area contributed by atoms with Crippen molar-refractivity contribution in [2.24, 2.45) is 0 Å². The zero-order valence-electron chi connectivity index (χ0n) is 11.0. The Hall–Kier alpha value is -1.07. The van der Waals surface area contributed by atoms with Gasteiger partial charge in [0.2, 0.25) is 0 Å². The van der Waals surface area contributed by atoms with Gasteiger partial charge in [0.1, 0.15) is 0 Å². The van der Waals surface area contributed by atoms with E-state index in [1.807, 2.05) is 19.1 Å². The monoisotopic (exact) mass is 272 g/mol. The van der Waals surface area contributed by atoms with Crippen LogP contribution in [-0.4, -0.2) is 36.8 Å². The van der Waals surface area contributed by atoms with Gasteiger partial charge < -0.3 is 5.32 Å². The van der Waals surface area contributed by atoms with Crippen molar-refractivity contribution in [2.75, 3.05) is 19.6 Å². The Morgan fingerprint density at radius 1 is 1.26 bits per heavy atom. The maximum absolute atomic E-state index is 12.1. The van der Waals surface area contributed by atoms with Crippen LogP contribution in [0.1, 0.15) is 18.1 Å². The highest BCUT2D eigenvalue weighted by molar-refractivity contribution is 5.29. The lowest BCUT2D eigenvalue weighted by Gasteiger charge is -2.34. The topological polar surface area (TPSA) is 15.3 Å². The molecule has 1 aliphatic rings. The molecule has 0 saturated heterocycles. The molecule has 0 aliphatic carbocycles. The number of benzene rings is 1. The Kier molecular flexibility index (Phi) is 4.47. The van der Waals surface area contributed by atoms with E-state index in [0.29, 0.717) is 6.54 Å². The molecule has 0 amide bonds. The Morgan fingerprint density at radius 2 is 1.95 bits per heavy atom. The molecule has 2 nitrogen and oxygen atoms in total. The Labute approximate surface area is 111 Å². The predicted octanol–water partition coefficient (Wildman–Crippen LogP) is 2.59. The molecule has 0 radical (unpaired) electrons. The summed E-state index contributed by atoms with van der Waals surface area (Å²) in [6.45, 7) is 3.15. The molecule has 1 aliphatic heterocycles. The van der Waals surface area contributed by atoms with Crippen molar-refractivity contribution < 1.29 is 13.2 Å². The van der Waals surface area contributed by atoms with Crippen LogP contribution >= 0.6 is 0 Å². The fraction of sp³-hybridized carbons (Fsp3) is 0.571. The van der Waals surface area contributed by atoms with Gasteiger partial charge in [0.15, 0.2) is 0 Å². The van der Waals surface area contributed by atoms with Gasteiger partial charge in [0.05, 0.1) is 6.54 Å². The fourth-order valence-electron chi connectivity index (χ4n) is 2.45. The van der Waals surface area contributed by atoms with E-state index in [2.05, 4.69) is 22.3 Å². The molecule has 0 aromatic heterocycles. The average molecular weight is 272 g/mol. The van der Waals surface area contributed by atoms with Crippen LogP contribution in [0.25, 0.3) is 0 Å². The molecule has 0 bridgehead atoms. The maximum atomic E-state index is 12.1. The summed E-state index contributed by atoms with van der Waals surface area (Å²) in [6.07, 6.45) is -3.16. The summed E-state index contributed by atoms with van der Waals surface area (Å²) in [7, 11) is 0. The molecule has 0 saturated carbocycles. The molecule has 106 valence electrons. The summed E-state index contributed by atoms with van der Waals surface area (Å²) in [6, 6.07) is 8.37. The van der Waals surface area contributed by atoms with Crippen molar-refractivity contribution in [1.82, 2.24) is 10.2 Å². The summed E-state index contributed by atoms with van der Waals surface area (Å²) >= 11 is 0. The van der Waals surface area contributed by atoms with Gasteiger partial charge in [-0.2, -0.15) is 13.2 Å². The van der Waals surface area contributed by atoms with Gasteiger partial charge in [0.25, 0.3) is 0 Å². The van der Waals surface area contributed by atoms with E-state index >= 15 is 0 Å². The first kappa shape index (κ1) is 14.3. The lowest BCUT2D eigenvalue weighted by atomic mass is 9.99. The average Bonchev–Trinajstić information content (AvgIpc) is 2.36. The molecule has 5 heteroatoms. The highest BCUT2D eigenvalue weighted by Crippen LogP contribution is 2.20. The second-order valence-corrected chi connectivity index (χ2v) is 5.08. The molecule has 1 aromatic carbocycles. The van der Waals surface area contributed by atoms with E-state index in [0.717, 1.165) is 19.5 Å². The van der Waals surface area contributed by atoms with Crippen LogP contribution in [0.3, 0.4) is 0 Å². The minimum absolute atomic E-state index is 0.107. The van der Waals surface area contributed by atoms with Gasteiger partial charge in [-0.25, -0.2) is 0 Å². The van der Waals surface area contributed by atoms with Gasteiger partial charge in [-0.1, -0.05) is 24.3 Å². The second kappa shape index (κ2) is 5.92. The third-order valence-electron chi connectivity index (χ3n) is 3.55. The fourth-order valence-corrected chi connectivity index (χ4v) is 2.45. The number of hydrogen-bond donors (Lipinski definition) is 1. The zero-order chi connectivity index (χ0) is 13.9. The van der Waals surface area contributed by atoms with E-state index in [1.54, 1.807) is 0 Å². The minimum Gasteiger partial charge on any atom is -0.307 e. The zero-order valence-corrected chi connectivity index (χ0v) is 11.0. The quantitative estimate of drug-likeness (QED) is 0.906. The molecule has 19 heavy (non-hydrogen) atoms. The van der Waals surface area contributed by atoms with Gasteiger partial charge in [-0.05, 0) is 24.5 Å². The summed E-state index contributed by atoms with van der Waals surface area (Å²) in [4.78, 5) is 2.23. The van der Waals surface area contributed by atoms with E-state index < -0.39 is 12.7 Å². The van der Waals surface area contributed by atoms with Crippen LogP contribution in [0, 0.1) is 0 Å². The molecule has 1 aromatic rings. The van der Waals surface area contributed by atoms with Gasteiger partial charge in [-0.15, -0.1) is 0 Å². The number of alkyl halides is 3. The molecule has 0 spiro atoms. The van der Waals surface area contributed by atoms with Crippen LogP contribution < -0.4 is 5.32 Å². The van der Waals surface area contributed by atoms with Crippen molar-refractivity contribution in [3.63, 3.8) is 0 Å². The van der Waals surface area contributed by atoms with E-state index in [1.165, 1.54) is 11.1 Å². The van der Waals surface area contributed by atoms with Crippen molar-refractivity contribution in [3.05, 3.63) is 35.4 Å². The molecule has 0 fully saturated rings. The summed E-state index contributed by atoms with van der Waals surface area (Å²) in [5.74, 6) is 0. The van der Waals surface area contributed by atoms with Crippen molar-refractivity contribution in [1.29, 1.82) is 0 Å². The lowest BCUT2D eigenvalue weighted by molar-refractivity contribution is -0.125. The number of halogens is 3. The minimum atomic E-state index is -4.13. The highest BCUT2D eigenvalue weighted by Gasteiger charge is 2.27. The van der Waals surface area contributed by atoms with E-state index in [-0.39, 0.29) is 6.04 Å². The third kappa shape index (κ3) is 4.21. The van der Waals surface area contributed by atoms with Crippen molar-refractivity contribution >= 4 is 0 Å². The SMILES string of the molecule is CC(CNCC(F)(F)F)N1CCc2ccccc2C1. The van der Waals surface area contributed by atoms with E-state index in [9.17, 15) is 13.2 Å². The lowest BCUT2D eigenvalue weighted by Crippen LogP contribution is -2.44. The largest absolute Gasteiger partial charge is 0.401 e. The molecule has 1 N–H and O–H groups in total. The number of fused-ring (bicyclic) bond motifs is 1. The van der Waals surface area contributed by atoms with Crippen LogP contribution in [0.2, 0.25) is 0 Å². The van der Waals surface area contributed by atoms with Crippen LogP contribution in [0.4, 0.5) is 13.2 Å². The second-order valence-electron chi connectivity index (χ2n) is 5.08. The Morgan fingerprint density at radius 3 is 2.63 bits per heavy atom. The number of rotatable bonds is 4. The van der Waals surface area contributed by atoms with Crippen LogP contribution in [0.5, 0.6) is 0 Å². The molecular formula is C14H19F3N2. The Balaban J connectivity index is 1.83. The van der Waals surface area contributed by atoms with Crippen molar-refractivity contribution in [2.45, 2.75) is 32.1 Å². The number of nitrogens with zero attached hydrogens (tertiary/aromatic N) is 1. The van der Waals surface area contributed by atoms with Gasteiger partial charge >= 0.3 is 6.18 Å². The summed E-state index contributed by atoms with van der Waals surface area (Å²) in [5, 5.41) is 2.48. The molecule has 1 heterocycles. The highest BCUT2D eigenvalue weighted by atomic mass is 19.4. The smallest absolute Gasteiger partial charge is 0.307 e. The molecule has 1 unspecified atom stereocenters. The molecular weight excluding hydrogens is 253 g/mol. The number of hydrogen-bond acceptors (Lipinski definition) is 2. The normalized spacial score (nSPS) is 18.1. The van der Waals surface area contributed by atoms with Crippen molar-refractivity contribution in [3.8, 4) is 0 Å². The summed E-state index contributed by atoms with van der Waals surface area (Å²) in [5.41, 5.74) is 2.64. The Bertz CT molecular complexity index is 417. The first-order valence-corrected chi connectivity index (χ1v) is 6.54. The maximum Gasteiger partial charge on any atom is 0.401 e. The molecule has 2 rings (SSSR count). The number of nitrogens with one attached hydrogen (secondary N) is 1. The van der Waals surface area contributed by atoms with Crippen LogP contribution in [0.15, 0.2) is 24.3 Å². The van der Waals surface area contributed by atoms with Gasteiger partial charge in [-0.3, -0.25) is 4.90 Å². The first-order chi connectivity index (χ1) is 8.96. The first-order valence-electron chi connectivity index (χ1n) is 6.54. The van der Waals surface area contributed by atoms with E-state index in [4.69, 9.17) is 0 Å². The molecule has 1 atom stereocenters. The third-order valence-corrected chi connectivity index (χ3v) is 3.55. The summed E-state index contributed by atoms with van der Waals surface area (Å²) < 4.78 is 36.2. The predicted molar refractivity (Wildman–Crippen MR) is 68.9 cm³/mol.